The van der Waals surface area contributed by atoms with E-state index >= 15 is 0 Å². The van der Waals surface area contributed by atoms with Gasteiger partial charge in [-0.2, -0.15) is 0 Å². The van der Waals surface area contributed by atoms with E-state index in [0.29, 0.717) is 0 Å². The van der Waals surface area contributed by atoms with E-state index in [2.05, 4.69) is 38.3 Å². The number of benzene rings is 1. The lowest BCUT2D eigenvalue weighted by atomic mass is 10.0. The summed E-state index contributed by atoms with van der Waals surface area (Å²) in [5, 5.41) is 5.93. The highest BCUT2D eigenvalue weighted by Crippen LogP contribution is 2.62. The normalized spacial score (nSPS) is 21.1. The summed E-state index contributed by atoms with van der Waals surface area (Å²) in [7, 11) is 0. The van der Waals surface area contributed by atoms with Gasteiger partial charge in [0, 0.05) is 17.8 Å². The fourth-order valence-electron chi connectivity index (χ4n) is 2.76. The van der Waals surface area contributed by atoms with Gasteiger partial charge in [0.1, 0.15) is 0 Å². The minimum atomic E-state index is -0.157. The van der Waals surface area contributed by atoms with Crippen molar-refractivity contribution >= 4 is 11.7 Å². The van der Waals surface area contributed by atoms with Crippen LogP contribution in [0.1, 0.15) is 46.2 Å². The Morgan fingerprint density at radius 1 is 1.25 bits per heavy atom. The van der Waals surface area contributed by atoms with E-state index in [1.165, 1.54) is 0 Å². The summed E-state index contributed by atoms with van der Waals surface area (Å²) in [6.45, 7) is 10.6. The molecule has 0 heterocycles. The first kappa shape index (κ1) is 14.9. The first-order chi connectivity index (χ1) is 9.16. The van der Waals surface area contributed by atoms with Crippen LogP contribution in [-0.4, -0.2) is 12.1 Å². The van der Waals surface area contributed by atoms with E-state index < -0.39 is 0 Å². The van der Waals surface area contributed by atoms with Gasteiger partial charge in [-0.1, -0.05) is 39.8 Å². The van der Waals surface area contributed by atoms with Crippen LogP contribution < -0.4 is 16.4 Å². The van der Waals surface area contributed by atoms with Gasteiger partial charge in [-0.25, -0.2) is 4.79 Å². The molecule has 4 heteroatoms. The van der Waals surface area contributed by atoms with Crippen molar-refractivity contribution in [3.05, 3.63) is 29.8 Å². The minimum Gasteiger partial charge on any atom is -0.334 e. The van der Waals surface area contributed by atoms with Crippen molar-refractivity contribution in [1.82, 2.24) is 5.32 Å². The molecule has 0 aromatic heterocycles. The molecule has 0 spiro atoms. The number of amides is 2. The van der Waals surface area contributed by atoms with Crippen LogP contribution in [0.3, 0.4) is 0 Å². The largest absolute Gasteiger partial charge is 0.334 e. The van der Waals surface area contributed by atoms with Crippen LogP contribution in [-0.2, 0) is 0 Å². The maximum absolute atomic E-state index is 12.1. The van der Waals surface area contributed by atoms with Crippen LogP contribution in [0.4, 0.5) is 10.5 Å². The van der Waals surface area contributed by atoms with Crippen molar-refractivity contribution in [2.24, 2.45) is 16.6 Å². The molecule has 1 fully saturated rings. The fourth-order valence-corrected chi connectivity index (χ4v) is 2.76. The predicted molar refractivity (Wildman–Crippen MR) is 82.5 cm³/mol. The molecule has 1 aromatic rings. The van der Waals surface area contributed by atoms with Gasteiger partial charge in [0.05, 0.1) is 0 Å². The predicted octanol–water partition coefficient (Wildman–Crippen LogP) is 3.26. The maximum Gasteiger partial charge on any atom is 0.319 e. The van der Waals surface area contributed by atoms with Crippen LogP contribution in [0.5, 0.6) is 0 Å². The molecule has 1 aliphatic carbocycles. The number of rotatable bonds is 3. The first-order valence-electron chi connectivity index (χ1n) is 7.09. The number of carbonyl (C=O) groups excluding carboxylic acids is 1. The molecule has 1 unspecified atom stereocenters. The zero-order valence-corrected chi connectivity index (χ0v) is 12.9. The lowest BCUT2D eigenvalue weighted by Gasteiger charge is -2.11. The molecule has 4 N–H and O–H groups in total. The van der Waals surface area contributed by atoms with Gasteiger partial charge in [0.2, 0.25) is 0 Å². The molecule has 2 amide bonds. The summed E-state index contributed by atoms with van der Waals surface area (Å²) in [4.78, 5) is 12.1. The summed E-state index contributed by atoms with van der Waals surface area (Å²) in [6.07, 6.45) is 0. The number of nitrogens with one attached hydrogen (secondary N) is 2. The molecule has 4 nitrogen and oxygen atoms in total. The van der Waals surface area contributed by atoms with Gasteiger partial charge >= 0.3 is 6.03 Å². The lowest BCUT2D eigenvalue weighted by molar-refractivity contribution is 0.250. The topological polar surface area (TPSA) is 67.1 Å². The summed E-state index contributed by atoms with van der Waals surface area (Å²) >= 11 is 0. The summed E-state index contributed by atoms with van der Waals surface area (Å²) in [5.74, 6) is 0. The highest BCUT2D eigenvalue weighted by atomic mass is 16.2. The minimum absolute atomic E-state index is 0.0406. The second-order valence-corrected chi connectivity index (χ2v) is 6.89. The first-order valence-corrected chi connectivity index (χ1v) is 7.09. The van der Waals surface area contributed by atoms with Crippen LogP contribution >= 0.6 is 0 Å². The van der Waals surface area contributed by atoms with Crippen molar-refractivity contribution in [2.45, 2.75) is 46.7 Å². The number of anilines is 1. The molecular weight excluding hydrogens is 250 g/mol. The number of nitrogens with two attached hydrogens (primary N) is 1. The van der Waals surface area contributed by atoms with Gasteiger partial charge in [0.25, 0.3) is 0 Å². The molecule has 1 aromatic carbocycles. The third kappa shape index (κ3) is 2.52. The zero-order chi connectivity index (χ0) is 15.1. The van der Waals surface area contributed by atoms with Crippen molar-refractivity contribution in [3.8, 4) is 0 Å². The Labute approximate surface area is 121 Å². The Hall–Kier alpha value is -1.55. The third-order valence-electron chi connectivity index (χ3n) is 4.97. The standard InChI is InChI=1S/C16H25N3O/c1-10(17)11-7-6-8-12(9-11)18-14(20)19-13-15(2,3)16(13,4)5/h6-10,13H,17H2,1-5H3,(H2,18,19,20). The van der Waals surface area contributed by atoms with Crippen LogP contribution in [0.15, 0.2) is 24.3 Å². The molecule has 20 heavy (non-hydrogen) atoms. The Kier molecular flexibility index (Phi) is 3.54. The summed E-state index contributed by atoms with van der Waals surface area (Å²) < 4.78 is 0. The molecule has 0 aliphatic heterocycles. The molecule has 2 rings (SSSR count). The van der Waals surface area contributed by atoms with Gasteiger partial charge in [-0.15, -0.1) is 0 Å². The average Bonchev–Trinajstić information content (AvgIpc) is 2.72. The van der Waals surface area contributed by atoms with Crippen LogP contribution in [0.25, 0.3) is 0 Å². The molecule has 1 atom stereocenters. The summed E-state index contributed by atoms with van der Waals surface area (Å²) in [6, 6.07) is 7.64. The van der Waals surface area contributed by atoms with E-state index in [-0.39, 0.29) is 28.9 Å². The fraction of sp³-hybridized carbons (Fsp3) is 0.562. The van der Waals surface area contributed by atoms with E-state index in [1.807, 2.05) is 31.2 Å². The Morgan fingerprint density at radius 3 is 2.35 bits per heavy atom. The molecule has 0 saturated heterocycles. The van der Waals surface area contributed by atoms with Gasteiger partial charge < -0.3 is 16.4 Å². The summed E-state index contributed by atoms with van der Waals surface area (Å²) in [5.41, 5.74) is 7.90. The molecule has 1 saturated carbocycles. The van der Waals surface area contributed by atoms with Crippen LogP contribution in [0.2, 0.25) is 0 Å². The monoisotopic (exact) mass is 275 g/mol. The van der Waals surface area contributed by atoms with Gasteiger partial charge in [0.15, 0.2) is 0 Å². The Morgan fingerprint density at radius 2 is 1.85 bits per heavy atom. The number of hydrogen-bond donors (Lipinski definition) is 3. The quantitative estimate of drug-likeness (QED) is 0.792. The SMILES string of the molecule is CC(N)c1cccc(NC(=O)NC2C(C)(C)C2(C)C)c1. The molecule has 0 radical (unpaired) electrons. The molecule has 0 bridgehead atoms. The highest BCUT2D eigenvalue weighted by molar-refractivity contribution is 5.90. The van der Waals surface area contributed by atoms with Crippen LogP contribution in [0, 0.1) is 10.8 Å². The number of urea groups is 1. The van der Waals surface area contributed by atoms with Gasteiger partial charge in [-0.05, 0) is 35.4 Å². The maximum atomic E-state index is 12.1. The lowest BCUT2D eigenvalue weighted by Crippen LogP contribution is -2.33. The van der Waals surface area contributed by atoms with Crippen molar-refractivity contribution in [1.29, 1.82) is 0 Å². The smallest absolute Gasteiger partial charge is 0.319 e. The van der Waals surface area contributed by atoms with E-state index in [4.69, 9.17) is 5.73 Å². The van der Waals surface area contributed by atoms with E-state index in [1.54, 1.807) is 0 Å². The van der Waals surface area contributed by atoms with E-state index in [9.17, 15) is 4.79 Å². The second kappa shape index (κ2) is 4.77. The number of hydrogen-bond acceptors (Lipinski definition) is 2. The van der Waals surface area contributed by atoms with E-state index in [0.717, 1.165) is 11.3 Å². The molecular formula is C16H25N3O. The van der Waals surface area contributed by atoms with Gasteiger partial charge in [-0.3, -0.25) is 0 Å². The average molecular weight is 275 g/mol. The highest BCUT2D eigenvalue weighted by Gasteiger charge is 2.65. The van der Waals surface area contributed by atoms with Crippen molar-refractivity contribution < 1.29 is 4.79 Å². The van der Waals surface area contributed by atoms with Crippen molar-refractivity contribution in [2.75, 3.05) is 5.32 Å². The molecule has 110 valence electrons. The zero-order valence-electron chi connectivity index (χ0n) is 12.9. The number of carbonyl (C=O) groups is 1. The Bertz CT molecular complexity index is 506. The van der Waals surface area contributed by atoms with Crippen molar-refractivity contribution in [3.63, 3.8) is 0 Å². The second-order valence-electron chi connectivity index (χ2n) is 6.89. The third-order valence-corrected chi connectivity index (χ3v) is 4.97. The molecule has 1 aliphatic rings. The Balaban J connectivity index is 1.98.